The summed E-state index contributed by atoms with van der Waals surface area (Å²) in [6.07, 6.45) is -0.426. The van der Waals surface area contributed by atoms with Crippen LogP contribution in [0, 0.1) is 10.1 Å². The molecule has 0 aliphatic heterocycles. The Morgan fingerprint density at radius 1 is 1.35 bits per heavy atom. The van der Waals surface area contributed by atoms with E-state index in [1.807, 2.05) is 0 Å². The maximum absolute atomic E-state index is 11.7. The standard InChI is InChI=1S/C12H14N2O6/c15-6-5-9(12(17)18)13-11(16)7-8-3-1-2-4-10(8)14(19)20/h1-4,9,15H,5-7H2,(H,13,16)(H,17,18)/t9-/m1/s1. The lowest BCUT2D eigenvalue weighted by Gasteiger charge is -2.13. The fourth-order valence-electron chi connectivity index (χ4n) is 1.64. The van der Waals surface area contributed by atoms with Crippen molar-refractivity contribution in [2.75, 3.05) is 6.61 Å². The number of carbonyl (C=O) groups is 2. The maximum Gasteiger partial charge on any atom is 0.326 e. The summed E-state index contributed by atoms with van der Waals surface area (Å²) in [5.41, 5.74) is -0.000166. The molecule has 0 radical (unpaired) electrons. The second kappa shape index (κ2) is 7.19. The Morgan fingerprint density at radius 2 is 2.00 bits per heavy atom. The summed E-state index contributed by atoms with van der Waals surface area (Å²) in [4.78, 5) is 32.7. The number of hydrogen-bond donors (Lipinski definition) is 3. The van der Waals surface area contributed by atoms with Crippen LogP contribution in [0.15, 0.2) is 24.3 Å². The van der Waals surface area contributed by atoms with Crippen LogP contribution in [0.3, 0.4) is 0 Å². The number of aliphatic hydroxyl groups is 1. The number of nitro groups is 1. The summed E-state index contributed by atoms with van der Waals surface area (Å²) in [5, 5.41) is 30.5. The Hall–Kier alpha value is -2.48. The molecule has 0 unspecified atom stereocenters. The first-order chi connectivity index (χ1) is 9.45. The quantitative estimate of drug-likeness (QED) is 0.480. The molecule has 108 valence electrons. The second-order valence-electron chi connectivity index (χ2n) is 4.03. The third kappa shape index (κ3) is 4.32. The van der Waals surface area contributed by atoms with Gasteiger partial charge in [-0.1, -0.05) is 18.2 Å². The highest BCUT2D eigenvalue weighted by Gasteiger charge is 2.21. The molecule has 20 heavy (non-hydrogen) atoms. The van der Waals surface area contributed by atoms with E-state index in [2.05, 4.69) is 5.32 Å². The number of rotatable bonds is 7. The van der Waals surface area contributed by atoms with Gasteiger partial charge in [0.15, 0.2) is 0 Å². The lowest BCUT2D eigenvalue weighted by Crippen LogP contribution is -2.42. The molecule has 8 heteroatoms. The normalized spacial score (nSPS) is 11.7. The van der Waals surface area contributed by atoms with Gasteiger partial charge in [0.05, 0.1) is 11.3 Å². The number of aliphatic carboxylic acids is 1. The molecule has 0 aliphatic carbocycles. The zero-order chi connectivity index (χ0) is 15.1. The average molecular weight is 282 g/mol. The number of carbonyl (C=O) groups excluding carboxylic acids is 1. The molecule has 0 fully saturated rings. The van der Waals surface area contributed by atoms with Gasteiger partial charge in [-0.15, -0.1) is 0 Å². The van der Waals surface area contributed by atoms with Gasteiger partial charge in [0.25, 0.3) is 5.69 Å². The van der Waals surface area contributed by atoms with Gasteiger partial charge >= 0.3 is 5.97 Å². The Labute approximate surface area is 114 Å². The van der Waals surface area contributed by atoms with Crippen LogP contribution in [-0.2, 0) is 16.0 Å². The van der Waals surface area contributed by atoms with Crippen molar-refractivity contribution in [1.29, 1.82) is 0 Å². The second-order valence-corrected chi connectivity index (χ2v) is 4.03. The number of benzene rings is 1. The van der Waals surface area contributed by atoms with Crippen LogP contribution in [0.25, 0.3) is 0 Å². The van der Waals surface area contributed by atoms with Crippen molar-refractivity contribution in [2.24, 2.45) is 0 Å². The number of aliphatic hydroxyl groups excluding tert-OH is 1. The molecule has 8 nitrogen and oxygen atoms in total. The molecule has 3 N–H and O–H groups in total. The highest BCUT2D eigenvalue weighted by atomic mass is 16.6. The number of para-hydroxylation sites is 1. The predicted molar refractivity (Wildman–Crippen MR) is 68.1 cm³/mol. The van der Waals surface area contributed by atoms with Gasteiger partial charge in [-0.2, -0.15) is 0 Å². The molecule has 0 heterocycles. The summed E-state index contributed by atoms with van der Waals surface area (Å²) < 4.78 is 0. The van der Waals surface area contributed by atoms with Gasteiger partial charge in [-0.05, 0) is 0 Å². The van der Waals surface area contributed by atoms with Gasteiger partial charge < -0.3 is 15.5 Å². The Bertz CT molecular complexity index is 516. The number of nitro benzene ring substituents is 1. The summed E-state index contributed by atoms with van der Waals surface area (Å²) in [6, 6.07) is 4.52. The van der Waals surface area contributed by atoms with E-state index in [1.165, 1.54) is 18.2 Å². The molecule has 1 rings (SSSR count). The third-order valence-electron chi connectivity index (χ3n) is 2.59. The van der Waals surface area contributed by atoms with Crippen LogP contribution < -0.4 is 5.32 Å². The third-order valence-corrected chi connectivity index (χ3v) is 2.59. The minimum atomic E-state index is -1.27. The van der Waals surface area contributed by atoms with Crippen LogP contribution in [-0.4, -0.2) is 39.7 Å². The minimum Gasteiger partial charge on any atom is -0.480 e. The lowest BCUT2D eigenvalue weighted by atomic mass is 10.1. The first kappa shape index (κ1) is 15.6. The van der Waals surface area contributed by atoms with Crippen molar-refractivity contribution in [3.63, 3.8) is 0 Å². The maximum atomic E-state index is 11.7. The molecular weight excluding hydrogens is 268 g/mol. The molecule has 1 aromatic carbocycles. The van der Waals surface area contributed by atoms with E-state index in [0.717, 1.165) is 0 Å². The van der Waals surface area contributed by atoms with E-state index >= 15 is 0 Å². The van der Waals surface area contributed by atoms with E-state index in [4.69, 9.17) is 10.2 Å². The van der Waals surface area contributed by atoms with Gasteiger partial charge in [-0.3, -0.25) is 14.9 Å². The summed E-state index contributed by atoms with van der Waals surface area (Å²) >= 11 is 0. The van der Waals surface area contributed by atoms with E-state index in [9.17, 15) is 19.7 Å². The van der Waals surface area contributed by atoms with E-state index in [0.29, 0.717) is 0 Å². The molecule has 1 aromatic rings. The summed E-state index contributed by atoms with van der Waals surface area (Å²) in [6.45, 7) is -0.386. The van der Waals surface area contributed by atoms with Crippen molar-refractivity contribution < 1.29 is 24.7 Å². The van der Waals surface area contributed by atoms with Crippen molar-refractivity contribution in [1.82, 2.24) is 5.32 Å². The average Bonchev–Trinajstić information content (AvgIpc) is 2.38. The monoisotopic (exact) mass is 282 g/mol. The number of carboxylic acids is 1. The lowest BCUT2D eigenvalue weighted by molar-refractivity contribution is -0.385. The molecule has 1 atom stereocenters. The molecular formula is C12H14N2O6. The number of nitrogens with one attached hydrogen (secondary N) is 1. The number of hydrogen-bond acceptors (Lipinski definition) is 5. The highest BCUT2D eigenvalue weighted by Crippen LogP contribution is 2.18. The number of carboxylic acid groups (broad SMARTS) is 1. The SMILES string of the molecule is O=C(Cc1ccccc1[N+](=O)[O-])N[C@H](CCO)C(=O)O. The molecule has 0 saturated carbocycles. The summed E-state index contributed by atoms with van der Waals surface area (Å²) in [7, 11) is 0. The van der Waals surface area contributed by atoms with Gasteiger partial charge in [-0.25, -0.2) is 4.79 Å². The molecule has 1 amide bonds. The van der Waals surface area contributed by atoms with Crippen LogP contribution in [0.5, 0.6) is 0 Å². The summed E-state index contributed by atoms with van der Waals surface area (Å²) in [5.74, 6) is -1.92. The zero-order valence-electron chi connectivity index (χ0n) is 10.5. The molecule has 0 aliphatic rings. The first-order valence-corrected chi connectivity index (χ1v) is 5.81. The molecule has 0 spiro atoms. The van der Waals surface area contributed by atoms with Crippen LogP contribution >= 0.6 is 0 Å². The number of amides is 1. The van der Waals surface area contributed by atoms with E-state index < -0.39 is 22.8 Å². The van der Waals surface area contributed by atoms with Crippen molar-refractivity contribution in [3.05, 3.63) is 39.9 Å². The highest BCUT2D eigenvalue weighted by molar-refractivity contribution is 5.85. The van der Waals surface area contributed by atoms with Crippen molar-refractivity contribution in [2.45, 2.75) is 18.9 Å². The van der Waals surface area contributed by atoms with E-state index in [1.54, 1.807) is 6.07 Å². The molecule has 0 aromatic heterocycles. The van der Waals surface area contributed by atoms with Crippen molar-refractivity contribution in [3.8, 4) is 0 Å². The van der Waals surface area contributed by atoms with Gasteiger partial charge in [0.2, 0.25) is 5.91 Å². The van der Waals surface area contributed by atoms with Crippen LogP contribution in [0.4, 0.5) is 5.69 Å². The number of nitrogens with zero attached hydrogens (tertiary/aromatic N) is 1. The molecule has 0 saturated heterocycles. The Morgan fingerprint density at radius 3 is 2.55 bits per heavy atom. The van der Waals surface area contributed by atoms with E-state index in [-0.39, 0.29) is 30.7 Å². The molecule has 0 bridgehead atoms. The van der Waals surface area contributed by atoms with Gasteiger partial charge in [0, 0.05) is 24.7 Å². The first-order valence-electron chi connectivity index (χ1n) is 5.81. The fraction of sp³-hybridized carbons (Fsp3) is 0.333. The van der Waals surface area contributed by atoms with Gasteiger partial charge in [0.1, 0.15) is 6.04 Å². The topological polar surface area (TPSA) is 130 Å². The van der Waals surface area contributed by atoms with Crippen LogP contribution in [0.2, 0.25) is 0 Å². The largest absolute Gasteiger partial charge is 0.480 e. The fourth-order valence-corrected chi connectivity index (χ4v) is 1.64. The predicted octanol–water partition coefficient (Wildman–Crippen LogP) is 0.0891. The van der Waals surface area contributed by atoms with Crippen LogP contribution in [0.1, 0.15) is 12.0 Å². The Balaban J connectivity index is 2.76. The van der Waals surface area contributed by atoms with Crippen molar-refractivity contribution >= 4 is 17.6 Å². The Kier molecular flexibility index (Phi) is 5.60. The minimum absolute atomic E-state index is 0.127. The zero-order valence-corrected chi connectivity index (χ0v) is 10.5. The smallest absolute Gasteiger partial charge is 0.326 e.